The van der Waals surface area contributed by atoms with Gasteiger partial charge in [0.1, 0.15) is 10.9 Å². The number of benzene rings is 1. The molecule has 4 rings (SSSR count). The van der Waals surface area contributed by atoms with Gasteiger partial charge in [-0.2, -0.15) is 0 Å². The second-order valence-electron chi connectivity index (χ2n) is 5.93. The van der Waals surface area contributed by atoms with Crippen LogP contribution in [-0.4, -0.2) is 23.0 Å². The highest BCUT2D eigenvalue weighted by Gasteiger charge is 2.22. The zero-order valence-corrected chi connectivity index (χ0v) is 15.7. The Bertz CT molecular complexity index is 987. The molecule has 2 heterocycles. The highest BCUT2D eigenvalue weighted by molar-refractivity contribution is 7.19. The van der Waals surface area contributed by atoms with Crippen LogP contribution in [-0.2, 0) is 12.8 Å². The first-order chi connectivity index (χ1) is 12.7. The van der Waals surface area contributed by atoms with E-state index < -0.39 is 0 Å². The van der Waals surface area contributed by atoms with Crippen molar-refractivity contribution in [3.63, 3.8) is 0 Å². The van der Waals surface area contributed by atoms with Gasteiger partial charge in [-0.3, -0.25) is 10.1 Å². The molecule has 2 aromatic heterocycles. The Morgan fingerprint density at radius 3 is 2.96 bits per heavy atom. The summed E-state index contributed by atoms with van der Waals surface area (Å²) in [5.74, 6) is 0.592. The van der Waals surface area contributed by atoms with Gasteiger partial charge in [-0.1, -0.05) is 35.1 Å². The van der Waals surface area contributed by atoms with Crippen LogP contribution in [0.2, 0.25) is 5.15 Å². The number of methoxy groups -OCH3 is 1. The highest BCUT2D eigenvalue weighted by atomic mass is 35.5. The molecule has 0 unspecified atom stereocenters. The van der Waals surface area contributed by atoms with Gasteiger partial charge in [0.25, 0.3) is 5.91 Å². The molecule has 0 bridgehead atoms. The van der Waals surface area contributed by atoms with Crippen molar-refractivity contribution in [3.05, 3.63) is 58.5 Å². The molecule has 0 aliphatic heterocycles. The average molecular weight is 386 g/mol. The van der Waals surface area contributed by atoms with E-state index in [2.05, 4.69) is 21.4 Å². The minimum absolute atomic E-state index is 0.179. The van der Waals surface area contributed by atoms with Crippen molar-refractivity contribution in [2.45, 2.75) is 19.3 Å². The molecule has 5 nitrogen and oxygen atoms in total. The van der Waals surface area contributed by atoms with E-state index in [4.69, 9.17) is 16.3 Å². The third-order valence-corrected chi connectivity index (χ3v) is 5.71. The molecule has 0 saturated carbocycles. The quantitative estimate of drug-likeness (QED) is 0.669. The van der Waals surface area contributed by atoms with Crippen molar-refractivity contribution in [2.75, 3.05) is 12.4 Å². The third-order valence-electron chi connectivity index (χ3n) is 4.36. The number of aryl methyl sites for hydroxylation is 1. The zero-order chi connectivity index (χ0) is 18.1. The zero-order valence-electron chi connectivity index (χ0n) is 14.1. The summed E-state index contributed by atoms with van der Waals surface area (Å²) >= 11 is 7.48. The lowest BCUT2D eigenvalue weighted by atomic mass is 10.0. The van der Waals surface area contributed by atoms with Gasteiger partial charge in [-0.25, -0.2) is 9.97 Å². The van der Waals surface area contributed by atoms with Gasteiger partial charge >= 0.3 is 0 Å². The number of rotatable bonds is 3. The Morgan fingerprint density at radius 2 is 2.15 bits per heavy atom. The number of halogens is 1. The standard InChI is InChI=1S/C19H16ClN3O2S/c1-25-15-9-3-6-12-11(15)5-2-8-14-16(12)26-19(22-14)23-18(24)13-7-4-10-21-17(13)20/h3-4,6-7,9-10H,2,5,8H2,1H3,(H,22,23,24). The Labute approximate surface area is 160 Å². The maximum absolute atomic E-state index is 12.5. The molecule has 1 aliphatic carbocycles. The summed E-state index contributed by atoms with van der Waals surface area (Å²) in [6, 6.07) is 9.38. The second-order valence-corrected chi connectivity index (χ2v) is 7.29. The van der Waals surface area contributed by atoms with Crippen LogP contribution in [0.4, 0.5) is 5.13 Å². The second kappa shape index (κ2) is 7.05. The van der Waals surface area contributed by atoms with Crippen molar-refractivity contribution in [1.29, 1.82) is 0 Å². The summed E-state index contributed by atoms with van der Waals surface area (Å²) in [5.41, 5.74) is 3.68. The molecule has 0 atom stereocenters. The number of anilines is 1. The summed E-state index contributed by atoms with van der Waals surface area (Å²) in [6.45, 7) is 0. The number of carbonyl (C=O) groups is 1. The molecule has 1 aromatic carbocycles. The van der Waals surface area contributed by atoms with Crippen LogP contribution in [0.1, 0.15) is 28.0 Å². The molecule has 0 saturated heterocycles. The monoisotopic (exact) mass is 385 g/mol. The predicted octanol–water partition coefficient (Wildman–Crippen LogP) is 4.61. The fourth-order valence-electron chi connectivity index (χ4n) is 3.17. The number of aromatic nitrogens is 2. The smallest absolute Gasteiger partial charge is 0.260 e. The Morgan fingerprint density at radius 1 is 1.27 bits per heavy atom. The summed E-state index contributed by atoms with van der Waals surface area (Å²) in [6.07, 6.45) is 4.36. The number of hydrogen-bond donors (Lipinski definition) is 1. The summed E-state index contributed by atoms with van der Waals surface area (Å²) in [5, 5.41) is 3.59. The molecule has 26 heavy (non-hydrogen) atoms. The van der Waals surface area contributed by atoms with Crippen molar-refractivity contribution >= 4 is 34.0 Å². The number of carbonyl (C=O) groups excluding carboxylic acids is 1. The largest absolute Gasteiger partial charge is 0.496 e. The van der Waals surface area contributed by atoms with E-state index in [1.807, 2.05) is 12.1 Å². The van der Waals surface area contributed by atoms with Crippen LogP contribution in [0, 0.1) is 0 Å². The Kier molecular flexibility index (Phi) is 4.61. The molecule has 132 valence electrons. The molecule has 7 heteroatoms. The number of hydrogen-bond acceptors (Lipinski definition) is 5. The van der Waals surface area contributed by atoms with Gasteiger partial charge in [0.2, 0.25) is 0 Å². The van der Waals surface area contributed by atoms with E-state index >= 15 is 0 Å². The fraction of sp³-hybridized carbons (Fsp3) is 0.211. The summed E-state index contributed by atoms with van der Waals surface area (Å²) in [4.78, 5) is 22.1. The van der Waals surface area contributed by atoms with E-state index in [1.54, 1.807) is 25.4 Å². The van der Waals surface area contributed by atoms with Gasteiger partial charge in [0.05, 0.1) is 23.2 Å². The number of thiazole rings is 1. The van der Waals surface area contributed by atoms with Crippen LogP contribution in [0.5, 0.6) is 5.75 Å². The first kappa shape index (κ1) is 17.0. The molecule has 1 N–H and O–H groups in total. The topological polar surface area (TPSA) is 64.1 Å². The minimum Gasteiger partial charge on any atom is -0.496 e. The third kappa shape index (κ3) is 3.06. The van der Waals surface area contributed by atoms with Crippen LogP contribution in [0.15, 0.2) is 36.5 Å². The van der Waals surface area contributed by atoms with Crippen LogP contribution >= 0.6 is 22.9 Å². The number of amides is 1. The van der Waals surface area contributed by atoms with E-state index in [0.29, 0.717) is 10.7 Å². The number of pyridine rings is 1. The molecule has 1 amide bonds. The molecule has 0 fully saturated rings. The van der Waals surface area contributed by atoms with Crippen molar-refractivity contribution < 1.29 is 9.53 Å². The van der Waals surface area contributed by atoms with Gasteiger partial charge in [0, 0.05) is 17.3 Å². The van der Waals surface area contributed by atoms with Gasteiger partial charge in [-0.05, 0) is 37.5 Å². The maximum atomic E-state index is 12.5. The average Bonchev–Trinajstić information content (AvgIpc) is 2.96. The number of ether oxygens (including phenoxy) is 1. The van der Waals surface area contributed by atoms with Gasteiger partial charge in [-0.15, -0.1) is 0 Å². The lowest BCUT2D eigenvalue weighted by molar-refractivity contribution is 0.102. The van der Waals surface area contributed by atoms with E-state index in [1.165, 1.54) is 16.9 Å². The van der Waals surface area contributed by atoms with Crippen LogP contribution < -0.4 is 10.1 Å². The summed E-state index contributed by atoms with van der Waals surface area (Å²) in [7, 11) is 1.69. The van der Waals surface area contributed by atoms with Crippen molar-refractivity contribution in [1.82, 2.24) is 9.97 Å². The van der Waals surface area contributed by atoms with Crippen LogP contribution in [0.3, 0.4) is 0 Å². The molecule has 3 aromatic rings. The van der Waals surface area contributed by atoms with E-state index in [9.17, 15) is 4.79 Å². The normalized spacial score (nSPS) is 12.7. The number of nitrogens with one attached hydrogen (secondary N) is 1. The van der Waals surface area contributed by atoms with Crippen molar-refractivity contribution in [3.8, 4) is 16.2 Å². The maximum Gasteiger partial charge on any atom is 0.260 e. The van der Waals surface area contributed by atoms with E-state index in [-0.39, 0.29) is 11.1 Å². The van der Waals surface area contributed by atoms with Crippen molar-refractivity contribution in [2.24, 2.45) is 0 Å². The van der Waals surface area contributed by atoms with E-state index in [0.717, 1.165) is 41.1 Å². The SMILES string of the molecule is COc1cccc2c1CCCc1nc(NC(=O)c3cccnc3Cl)sc1-2. The fourth-order valence-corrected chi connectivity index (χ4v) is 4.43. The minimum atomic E-state index is -0.308. The number of fused-ring (bicyclic) bond motifs is 3. The first-order valence-corrected chi connectivity index (χ1v) is 9.44. The molecule has 1 aliphatic rings. The van der Waals surface area contributed by atoms with Crippen LogP contribution in [0.25, 0.3) is 10.4 Å². The molecule has 0 spiro atoms. The molecule has 0 radical (unpaired) electrons. The lowest BCUT2D eigenvalue weighted by Gasteiger charge is -2.10. The summed E-state index contributed by atoms with van der Waals surface area (Å²) < 4.78 is 5.52. The molecular formula is C19H16ClN3O2S. The molecular weight excluding hydrogens is 370 g/mol. The predicted molar refractivity (Wildman–Crippen MR) is 103 cm³/mol. The Balaban J connectivity index is 1.69. The van der Waals surface area contributed by atoms with Gasteiger partial charge in [0.15, 0.2) is 5.13 Å². The lowest BCUT2D eigenvalue weighted by Crippen LogP contribution is -2.12. The highest BCUT2D eigenvalue weighted by Crippen LogP contribution is 2.41. The number of nitrogens with zero attached hydrogens (tertiary/aromatic N) is 2. The Hall–Kier alpha value is -2.44. The van der Waals surface area contributed by atoms with Gasteiger partial charge < -0.3 is 4.74 Å². The first-order valence-electron chi connectivity index (χ1n) is 8.25.